The van der Waals surface area contributed by atoms with Crippen LogP contribution in [0, 0.1) is 6.92 Å². The van der Waals surface area contributed by atoms with Crippen molar-refractivity contribution in [3.8, 4) is 5.75 Å². The number of hydrogen-bond acceptors (Lipinski definition) is 3. The van der Waals surface area contributed by atoms with Crippen LogP contribution >= 0.6 is 0 Å². The summed E-state index contributed by atoms with van der Waals surface area (Å²) in [4.78, 5) is 11.9. The molecule has 0 radical (unpaired) electrons. The highest BCUT2D eigenvalue weighted by Gasteiger charge is 2.04. The summed E-state index contributed by atoms with van der Waals surface area (Å²) in [6, 6.07) is 16.0. The summed E-state index contributed by atoms with van der Waals surface area (Å²) in [5.74, 6) is 0.832. The average Bonchev–Trinajstić information content (AvgIpc) is 2.57. The van der Waals surface area contributed by atoms with Crippen molar-refractivity contribution in [2.75, 3.05) is 20.1 Å². The van der Waals surface area contributed by atoms with E-state index in [1.54, 1.807) is 0 Å². The average molecular weight is 326 g/mol. The Kier molecular flexibility index (Phi) is 7.30. The molecular formula is C20H26N2O2. The quantitative estimate of drug-likeness (QED) is 0.697. The molecule has 0 atom stereocenters. The van der Waals surface area contributed by atoms with Crippen molar-refractivity contribution in [2.24, 2.45) is 0 Å². The van der Waals surface area contributed by atoms with Crippen LogP contribution in [-0.2, 0) is 17.8 Å². The third-order valence-electron chi connectivity index (χ3n) is 3.68. The molecule has 0 spiro atoms. The first-order valence-corrected chi connectivity index (χ1v) is 8.36. The fourth-order valence-corrected chi connectivity index (χ4v) is 2.45. The van der Waals surface area contributed by atoms with Crippen LogP contribution in [-0.4, -0.2) is 26.0 Å². The standard InChI is InChI=1S/C20H26N2O2/c1-16-6-3-8-18(12-16)15-24-19-9-4-7-17(13-19)14-20(23)22-11-5-10-21-2/h3-4,6-9,12-13,21H,5,10-11,14-15H2,1-2H3,(H,22,23). The van der Waals surface area contributed by atoms with E-state index >= 15 is 0 Å². The van der Waals surface area contributed by atoms with E-state index in [0.29, 0.717) is 19.6 Å². The molecule has 0 heterocycles. The Hall–Kier alpha value is -2.33. The number of nitrogens with one attached hydrogen (secondary N) is 2. The zero-order valence-corrected chi connectivity index (χ0v) is 14.5. The lowest BCUT2D eigenvalue weighted by Crippen LogP contribution is -2.27. The maximum absolute atomic E-state index is 11.9. The summed E-state index contributed by atoms with van der Waals surface area (Å²) >= 11 is 0. The molecule has 24 heavy (non-hydrogen) atoms. The molecule has 0 saturated heterocycles. The minimum Gasteiger partial charge on any atom is -0.489 e. The highest BCUT2D eigenvalue weighted by molar-refractivity contribution is 5.78. The Morgan fingerprint density at radius 1 is 1.04 bits per heavy atom. The smallest absolute Gasteiger partial charge is 0.224 e. The van der Waals surface area contributed by atoms with Crippen LogP contribution in [0.1, 0.15) is 23.1 Å². The minimum absolute atomic E-state index is 0.0435. The maximum atomic E-state index is 11.9. The van der Waals surface area contributed by atoms with E-state index in [4.69, 9.17) is 4.74 Å². The molecule has 4 nitrogen and oxygen atoms in total. The summed E-state index contributed by atoms with van der Waals surface area (Å²) in [5, 5.41) is 5.99. The van der Waals surface area contributed by atoms with E-state index in [9.17, 15) is 4.79 Å². The molecule has 1 amide bonds. The molecule has 0 aliphatic rings. The lowest BCUT2D eigenvalue weighted by Gasteiger charge is -2.09. The molecule has 2 rings (SSSR count). The van der Waals surface area contributed by atoms with E-state index in [2.05, 4.69) is 35.8 Å². The van der Waals surface area contributed by atoms with Crippen molar-refractivity contribution in [1.29, 1.82) is 0 Å². The number of carbonyl (C=O) groups is 1. The van der Waals surface area contributed by atoms with Gasteiger partial charge in [0.05, 0.1) is 6.42 Å². The predicted octanol–water partition coefficient (Wildman–Crippen LogP) is 2.84. The Bertz CT molecular complexity index is 656. The van der Waals surface area contributed by atoms with Crippen molar-refractivity contribution in [2.45, 2.75) is 26.4 Å². The number of aryl methyl sites for hydroxylation is 1. The lowest BCUT2D eigenvalue weighted by atomic mass is 10.1. The van der Waals surface area contributed by atoms with Gasteiger partial charge in [-0.2, -0.15) is 0 Å². The van der Waals surface area contributed by atoms with Gasteiger partial charge in [-0.3, -0.25) is 4.79 Å². The molecule has 0 bridgehead atoms. The second-order valence-corrected chi connectivity index (χ2v) is 5.91. The first-order valence-electron chi connectivity index (χ1n) is 8.36. The van der Waals surface area contributed by atoms with Crippen molar-refractivity contribution < 1.29 is 9.53 Å². The SMILES string of the molecule is CNCCCNC(=O)Cc1cccc(OCc2cccc(C)c2)c1. The van der Waals surface area contributed by atoms with Gasteiger partial charge >= 0.3 is 0 Å². The molecule has 4 heteroatoms. The summed E-state index contributed by atoms with van der Waals surface area (Å²) in [5.41, 5.74) is 3.32. The maximum Gasteiger partial charge on any atom is 0.224 e. The van der Waals surface area contributed by atoms with Crippen LogP contribution in [0.3, 0.4) is 0 Å². The normalized spacial score (nSPS) is 10.4. The number of amides is 1. The number of ether oxygens (including phenoxy) is 1. The predicted molar refractivity (Wildman–Crippen MR) is 97.2 cm³/mol. The molecular weight excluding hydrogens is 300 g/mol. The summed E-state index contributed by atoms with van der Waals surface area (Å²) < 4.78 is 5.84. The highest BCUT2D eigenvalue weighted by atomic mass is 16.5. The topological polar surface area (TPSA) is 50.4 Å². The fourth-order valence-electron chi connectivity index (χ4n) is 2.45. The number of benzene rings is 2. The first kappa shape index (κ1) is 18.0. The molecule has 2 aromatic rings. The van der Waals surface area contributed by atoms with Crippen molar-refractivity contribution in [3.63, 3.8) is 0 Å². The summed E-state index contributed by atoms with van der Waals surface area (Å²) in [6.07, 6.45) is 1.31. The van der Waals surface area contributed by atoms with Crippen molar-refractivity contribution in [3.05, 3.63) is 65.2 Å². The van der Waals surface area contributed by atoms with Gasteiger partial charge in [0.15, 0.2) is 0 Å². The van der Waals surface area contributed by atoms with Crippen LogP contribution in [0.4, 0.5) is 0 Å². The molecule has 128 valence electrons. The largest absolute Gasteiger partial charge is 0.489 e. The van der Waals surface area contributed by atoms with Crippen molar-refractivity contribution >= 4 is 5.91 Å². The second-order valence-electron chi connectivity index (χ2n) is 5.91. The Morgan fingerprint density at radius 2 is 1.83 bits per heavy atom. The Balaban J connectivity index is 1.83. The van der Waals surface area contributed by atoms with Crippen LogP contribution < -0.4 is 15.4 Å². The molecule has 0 aliphatic heterocycles. The van der Waals surface area contributed by atoms with Gasteiger partial charge in [0.25, 0.3) is 0 Å². The van der Waals surface area contributed by atoms with E-state index < -0.39 is 0 Å². The Labute approximate surface area is 144 Å². The fraction of sp³-hybridized carbons (Fsp3) is 0.350. The molecule has 0 fully saturated rings. The lowest BCUT2D eigenvalue weighted by molar-refractivity contribution is -0.120. The number of carbonyl (C=O) groups excluding carboxylic acids is 1. The minimum atomic E-state index is 0.0435. The third-order valence-corrected chi connectivity index (χ3v) is 3.68. The van der Waals surface area contributed by atoms with Gasteiger partial charge < -0.3 is 15.4 Å². The molecule has 0 saturated carbocycles. The van der Waals surface area contributed by atoms with E-state index in [1.165, 1.54) is 5.56 Å². The van der Waals surface area contributed by atoms with Crippen LogP contribution in [0.5, 0.6) is 5.75 Å². The number of rotatable bonds is 9. The second kappa shape index (κ2) is 9.73. The van der Waals surface area contributed by atoms with Crippen molar-refractivity contribution in [1.82, 2.24) is 10.6 Å². The Morgan fingerprint density at radius 3 is 2.62 bits per heavy atom. The zero-order chi connectivity index (χ0) is 17.2. The molecule has 0 unspecified atom stereocenters. The van der Waals surface area contributed by atoms with Crippen LogP contribution in [0.15, 0.2) is 48.5 Å². The van der Waals surface area contributed by atoms with Gasteiger partial charge in [0, 0.05) is 6.54 Å². The van der Waals surface area contributed by atoms with E-state index in [1.807, 2.05) is 37.4 Å². The molecule has 0 aromatic heterocycles. The van der Waals surface area contributed by atoms with Crippen LogP contribution in [0.25, 0.3) is 0 Å². The zero-order valence-electron chi connectivity index (χ0n) is 14.5. The third kappa shape index (κ3) is 6.42. The molecule has 2 aromatic carbocycles. The van der Waals surface area contributed by atoms with Gasteiger partial charge in [-0.15, -0.1) is 0 Å². The first-order chi connectivity index (χ1) is 11.7. The van der Waals surface area contributed by atoms with Gasteiger partial charge in [-0.05, 0) is 50.2 Å². The van der Waals surface area contributed by atoms with Crippen LogP contribution in [0.2, 0.25) is 0 Å². The van der Waals surface area contributed by atoms with Gasteiger partial charge in [-0.25, -0.2) is 0 Å². The van der Waals surface area contributed by atoms with E-state index in [0.717, 1.165) is 29.8 Å². The molecule has 2 N–H and O–H groups in total. The van der Waals surface area contributed by atoms with Gasteiger partial charge in [0.2, 0.25) is 5.91 Å². The van der Waals surface area contributed by atoms with E-state index in [-0.39, 0.29) is 5.91 Å². The molecule has 0 aliphatic carbocycles. The summed E-state index contributed by atoms with van der Waals surface area (Å²) in [6.45, 7) is 4.20. The summed E-state index contributed by atoms with van der Waals surface area (Å²) in [7, 11) is 1.91. The highest BCUT2D eigenvalue weighted by Crippen LogP contribution is 2.16. The number of hydrogen-bond donors (Lipinski definition) is 2. The van der Waals surface area contributed by atoms with Gasteiger partial charge in [0.1, 0.15) is 12.4 Å². The van der Waals surface area contributed by atoms with Gasteiger partial charge in [-0.1, -0.05) is 42.0 Å². The monoisotopic (exact) mass is 326 g/mol.